The molecule has 0 aliphatic carbocycles. The summed E-state index contributed by atoms with van der Waals surface area (Å²) < 4.78 is 23.5. The normalized spacial score (nSPS) is 13.5. The van der Waals surface area contributed by atoms with Gasteiger partial charge in [0.2, 0.25) is 5.91 Å². The van der Waals surface area contributed by atoms with Gasteiger partial charge in [-0.1, -0.05) is 380 Å². The van der Waals surface area contributed by atoms with E-state index in [9.17, 15) is 19.4 Å². The van der Waals surface area contributed by atoms with Crippen LogP contribution in [0, 0.1) is 0 Å². The van der Waals surface area contributed by atoms with Crippen molar-refractivity contribution in [2.24, 2.45) is 0 Å². The average Bonchev–Trinajstić information content (AvgIpc) is 3.42. The van der Waals surface area contributed by atoms with Gasteiger partial charge in [0.15, 0.2) is 0 Å². The largest absolute Gasteiger partial charge is 0.756 e. The van der Waals surface area contributed by atoms with Crippen LogP contribution in [-0.4, -0.2) is 68.5 Å². The number of carbonyl (C=O) groups is 1. The number of quaternary nitrogens is 1. The highest BCUT2D eigenvalue weighted by molar-refractivity contribution is 7.45. The molecule has 0 saturated carbocycles. The van der Waals surface area contributed by atoms with Crippen molar-refractivity contribution in [1.29, 1.82) is 0 Å². The molecule has 0 rings (SSSR count). The molecule has 3 unspecified atom stereocenters. The predicted molar refractivity (Wildman–Crippen MR) is 349 cm³/mol. The standard InChI is InChI=1S/C71H145N2O6P/c1-6-8-10-12-14-16-18-20-22-24-26-28-30-31-32-33-34-35-36-37-38-39-40-41-43-45-47-49-51-53-55-57-59-61-63-65-71(75)72-69(68-79-80(76,77)78-67-66-73(3,4)5)70(74)64-62-60-58-56-54-52-50-48-46-44-42-29-27-25-23-21-19-17-15-13-11-9-7-2/h69-70,74H,6-68H2,1-5H3,(H-,72,75,76,77). The number of hydrogen-bond donors (Lipinski definition) is 2. The van der Waals surface area contributed by atoms with Crippen molar-refractivity contribution in [2.45, 2.75) is 411 Å². The fourth-order valence-electron chi connectivity index (χ4n) is 11.7. The SMILES string of the molecule is CCCCCCCCCCCCCCCCCCCCCCCCCCCCCCCCCCCCCC(=O)NC(COP(=O)([O-])OCC[N+](C)(C)C)C(O)CCCCCCCCCCCCCCCCCCCCCCCCC. The van der Waals surface area contributed by atoms with Gasteiger partial charge in [0.05, 0.1) is 39.9 Å². The molecule has 0 fully saturated rings. The molecule has 0 radical (unpaired) electrons. The molecular weight excluding hydrogens is 1010 g/mol. The summed E-state index contributed by atoms with van der Waals surface area (Å²) in [6.45, 7) is 4.80. The lowest BCUT2D eigenvalue weighted by Gasteiger charge is -2.30. The van der Waals surface area contributed by atoms with Crippen molar-refractivity contribution in [1.82, 2.24) is 5.32 Å². The number of carbonyl (C=O) groups excluding carboxylic acids is 1. The summed E-state index contributed by atoms with van der Waals surface area (Å²) in [5.41, 5.74) is 0. The fourth-order valence-corrected chi connectivity index (χ4v) is 12.4. The molecule has 1 amide bonds. The Morgan fingerprint density at radius 2 is 0.613 bits per heavy atom. The molecule has 0 aromatic carbocycles. The number of hydrogen-bond acceptors (Lipinski definition) is 6. The van der Waals surface area contributed by atoms with Gasteiger partial charge in [0.25, 0.3) is 7.82 Å². The number of rotatable bonds is 69. The molecule has 0 spiro atoms. The summed E-state index contributed by atoms with van der Waals surface area (Å²) in [6.07, 6.45) is 79.1. The average molecular weight is 1150 g/mol. The summed E-state index contributed by atoms with van der Waals surface area (Å²) >= 11 is 0. The van der Waals surface area contributed by atoms with Gasteiger partial charge in [0, 0.05) is 6.42 Å². The molecule has 2 N–H and O–H groups in total. The molecule has 0 bridgehead atoms. The minimum atomic E-state index is -4.58. The van der Waals surface area contributed by atoms with Crippen LogP contribution >= 0.6 is 7.82 Å². The lowest BCUT2D eigenvalue weighted by molar-refractivity contribution is -0.870. The zero-order chi connectivity index (χ0) is 58.4. The third kappa shape index (κ3) is 65.1. The molecule has 480 valence electrons. The van der Waals surface area contributed by atoms with Gasteiger partial charge in [-0.05, 0) is 12.8 Å². The summed E-state index contributed by atoms with van der Waals surface area (Å²) in [4.78, 5) is 25.7. The minimum absolute atomic E-state index is 0.0170. The van der Waals surface area contributed by atoms with Gasteiger partial charge in [-0.15, -0.1) is 0 Å². The number of nitrogens with zero attached hydrogens (tertiary/aromatic N) is 1. The first kappa shape index (κ1) is 79.5. The van der Waals surface area contributed by atoms with E-state index in [1.54, 1.807) is 0 Å². The van der Waals surface area contributed by atoms with Crippen LogP contribution in [0.1, 0.15) is 399 Å². The second-order valence-electron chi connectivity index (χ2n) is 26.7. The highest BCUT2D eigenvalue weighted by Crippen LogP contribution is 2.38. The summed E-state index contributed by atoms with van der Waals surface area (Å²) in [5, 5.41) is 14.1. The number of unbranched alkanes of at least 4 members (excludes halogenated alkanes) is 56. The molecule has 0 aromatic heterocycles. The molecule has 0 heterocycles. The molecule has 3 atom stereocenters. The third-order valence-electron chi connectivity index (χ3n) is 17.3. The van der Waals surface area contributed by atoms with Crippen molar-refractivity contribution in [3.05, 3.63) is 0 Å². The summed E-state index contributed by atoms with van der Waals surface area (Å²) in [7, 11) is 1.33. The van der Waals surface area contributed by atoms with E-state index in [1.165, 1.54) is 334 Å². The number of nitrogens with one attached hydrogen (secondary N) is 1. The number of likely N-dealkylation sites (N-methyl/N-ethyl adjacent to an activating group) is 1. The molecule has 0 aromatic rings. The molecular formula is C71H145N2O6P. The van der Waals surface area contributed by atoms with E-state index in [0.29, 0.717) is 23.9 Å². The Hall–Kier alpha value is -0.500. The van der Waals surface area contributed by atoms with Gasteiger partial charge in [-0.3, -0.25) is 9.36 Å². The van der Waals surface area contributed by atoms with E-state index in [2.05, 4.69) is 19.2 Å². The van der Waals surface area contributed by atoms with Crippen molar-refractivity contribution in [2.75, 3.05) is 40.9 Å². The van der Waals surface area contributed by atoms with E-state index in [4.69, 9.17) is 9.05 Å². The smallest absolute Gasteiger partial charge is 0.268 e. The van der Waals surface area contributed by atoms with Crippen LogP contribution in [0.2, 0.25) is 0 Å². The molecule has 0 aliphatic heterocycles. The first-order chi connectivity index (χ1) is 39.0. The first-order valence-corrected chi connectivity index (χ1v) is 37.8. The third-order valence-corrected chi connectivity index (χ3v) is 18.3. The highest BCUT2D eigenvalue weighted by Gasteiger charge is 2.24. The lowest BCUT2D eigenvalue weighted by atomic mass is 10.0. The Balaban J connectivity index is 3.92. The van der Waals surface area contributed by atoms with Crippen molar-refractivity contribution < 1.29 is 32.9 Å². The number of aliphatic hydroxyl groups excluding tert-OH is 1. The Morgan fingerprint density at radius 1 is 0.388 bits per heavy atom. The maximum absolute atomic E-state index is 13.1. The van der Waals surface area contributed by atoms with E-state index in [0.717, 1.165) is 38.5 Å². The zero-order valence-electron chi connectivity index (χ0n) is 55.1. The summed E-state index contributed by atoms with van der Waals surface area (Å²) in [6, 6.07) is -0.797. The van der Waals surface area contributed by atoms with Crippen LogP contribution in [0.5, 0.6) is 0 Å². The maximum atomic E-state index is 13.1. The van der Waals surface area contributed by atoms with E-state index < -0.39 is 20.0 Å². The minimum Gasteiger partial charge on any atom is -0.756 e. The van der Waals surface area contributed by atoms with Gasteiger partial charge >= 0.3 is 0 Å². The molecule has 80 heavy (non-hydrogen) atoms. The number of phosphoric ester groups is 1. The van der Waals surface area contributed by atoms with Gasteiger partial charge in [-0.2, -0.15) is 0 Å². The van der Waals surface area contributed by atoms with Crippen LogP contribution in [0.3, 0.4) is 0 Å². The number of aliphatic hydroxyl groups is 1. The monoisotopic (exact) mass is 1150 g/mol. The highest BCUT2D eigenvalue weighted by atomic mass is 31.2. The maximum Gasteiger partial charge on any atom is 0.268 e. The second-order valence-corrected chi connectivity index (χ2v) is 28.1. The second kappa shape index (κ2) is 63.0. The number of amides is 1. The van der Waals surface area contributed by atoms with Crippen LogP contribution in [0.25, 0.3) is 0 Å². The molecule has 0 saturated heterocycles. The molecule has 8 nitrogen and oxygen atoms in total. The van der Waals surface area contributed by atoms with Crippen LogP contribution in [-0.2, 0) is 18.4 Å². The number of phosphoric acid groups is 1. The van der Waals surface area contributed by atoms with E-state index >= 15 is 0 Å². The van der Waals surface area contributed by atoms with E-state index in [-0.39, 0.29) is 19.1 Å². The Morgan fingerprint density at radius 3 is 0.850 bits per heavy atom. The van der Waals surface area contributed by atoms with Crippen LogP contribution in [0.4, 0.5) is 0 Å². The van der Waals surface area contributed by atoms with Crippen molar-refractivity contribution >= 4 is 13.7 Å². The lowest BCUT2D eigenvalue weighted by Crippen LogP contribution is -2.46. The Kier molecular flexibility index (Phi) is 62.6. The predicted octanol–water partition coefficient (Wildman–Crippen LogP) is 22.5. The van der Waals surface area contributed by atoms with Crippen LogP contribution in [0.15, 0.2) is 0 Å². The van der Waals surface area contributed by atoms with Gasteiger partial charge in [-0.25, -0.2) is 0 Å². The Bertz CT molecular complexity index is 1260. The topological polar surface area (TPSA) is 108 Å². The van der Waals surface area contributed by atoms with Crippen LogP contribution < -0.4 is 10.2 Å². The van der Waals surface area contributed by atoms with Gasteiger partial charge in [0.1, 0.15) is 13.2 Å². The zero-order valence-corrected chi connectivity index (χ0v) is 56.0. The fraction of sp³-hybridized carbons (Fsp3) is 0.986. The quantitative estimate of drug-likeness (QED) is 0.0357. The van der Waals surface area contributed by atoms with Crippen molar-refractivity contribution in [3.63, 3.8) is 0 Å². The summed E-state index contributed by atoms with van der Waals surface area (Å²) in [5.74, 6) is -0.153. The Labute approximate surface area is 501 Å². The first-order valence-electron chi connectivity index (χ1n) is 36.4. The van der Waals surface area contributed by atoms with Crippen molar-refractivity contribution in [3.8, 4) is 0 Å². The molecule has 9 heteroatoms. The van der Waals surface area contributed by atoms with E-state index in [1.807, 2.05) is 21.1 Å². The molecule has 0 aliphatic rings. The van der Waals surface area contributed by atoms with Gasteiger partial charge < -0.3 is 28.8 Å².